The van der Waals surface area contributed by atoms with E-state index in [4.69, 9.17) is 5.53 Å². The molecule has 0 spiro atoms. The van der Waals surface area contributed by atoms with Crippen LogP contribution in [-0.4, -0.2) is 22.5 Å². The molecule has 0 saturated heterocycles. The van der Waals surface area contributed by atoms with Crippen LogP contribution in [0.15, 0.2) is 18.7 Å². The molecule has 0 fully saturated rings. The molecular formula is C6H6Br2N6S. The van der Waals surface area contributed by atoms with Crippen LogP contribution in [0.3, 0.4) is 0 Å². The second kappa shape index (κ2) is 5.55. The Morgan fingerprint density at radius 2 is 1.80 bits per heavy atom. The van der Waals surface area contributed by atoms with Crippen molar-refractivity contribution in [2.24, 2.45) is 9.48 Å². The lowest BCUT2D eigenvalue weighted by Crippen LogP contribution is -1.87. The summed E-state index contributed by atoms with van der Waals surface area (Å²) in [7, 11) is -0.153. The van der Waals surface area contributed by atoms with Crippen LogP contribution in [0.5, 0.6) is 0 Å². The van der Waals surface area contributed by atoms with E-state index < -0.39 is 0 Å². The van der Waals surface area contributed by atoms with Crippen LogP contribution in [0.1, 0.15) is 0 Å². The molecule has 15 heavy (non-hydrogen) atoms. The molecule has 6 nitrogen and oxygen atoms in total. The van der Waals surface area contributed by atoms with Gasteiger partial charge in [0.1, 0.15) is 4.60 Å². The summed E-state index contributed by atoms with van der Waals surface area (Å²) in [6.45, 7) is 0. The number of hydrogen-bond acceptors (Lipinski definition) is 4. The largest absolute Gasteiger partial charge is 0.228 e. The van der Waals surface area contributed by atoms with Gasteiger partial charge in [0.15, 0.2) is 16.2 Å². The van der Waals surface area contributed by atoms with Gasteiger partial charge in [-0.05, 0) is 55.0 Å². The van der Waals surface area contributed by atoms with E-state index in [9.17, 15) is 0 Å². The molecule has 0 aliphatic carbocycles. The van der Waals surface area contributed by atoms with Crippen molar-refractivity contribution in [2.45, 2.75) is 0 Å². The van der Waals surface area contributed by atoms with E-state index >= 15 is 0 Å². The zero-order valence-electron chi connectivity index (χ0n) is 7.85. The van der Waals surface area contributed by atoms with Gasteiger partial charge in [-0.2, -0.15) is 0 Å². The third-order valence-corrected chi connectivity index (χ3v) is 2.79. The van der Waals surface area contributed by atoms with Gasteiger partial charge in [-0.25, -0.2) is 14.3 Å². The first-order valence-corrected chi connectivity index (χ1v) is 7.20. The lowest BCUT2D eigenvalue weighted by molar-refractivity contribution is 1.10. The highest BCUT2D eigenvalue weighted by molar-refractivity contribution is 9.11. The Kier molecular flexibility index (Phi) is 4.65. The van der Waals surface area contributed by atoms with Crippen LogP contribution >= 0.6 is 31.9 Å². The molecule has 1 aromatic heterocycles. The lowest BCUT2D eigenvalue weighted by atomic mass is 10.6. The number of aromatic nitrogens is 2. The molecule has 80 valence electrons. The number of halogens is 2. The Balaban J connectivity index is 3.35. The molecule has 9 heteroatoms. The van der Waals surface area contributed by atoms with E-state index in [0.29, 0.717) is 15.0 Å². The first-order valence-electron chi connectivity index (χ1n) is 3.62. The predicted molar refractivity (Wildman–Crippen MR) is 67.5 cm³/mol. The van der Waals surface area contributed by atoms with Crippen molar-refractivity contribution < 1.29 is 0 Å². The first kappa shape index (κ1) is 12.6. The molecule has 0 unspecified atom stereocenters. The molecule has 0 amide bonds. The molecule has 1 rings (SSSR count). The van der Waals surface area contributed by atoms with Crippen molar-refractivity contribution >= 4 is 54.2 Å². The van der Waals surface area contributed by atoms with Crippen molar-refractivity contribution in [3.63, 3.8) is 0 Å². The highest BCUT2D eigenvalue weighted by Gasteiger charge is 2.08. The number of nitrogens with zero attached hydrogens (tertiary/aromatic N) is 6. The Morgan fingerprint density at radius 3 is 2.33 bits per heavy atom. The van der Waals surface area contributed by atoms with Gasteiger partial charge in [0.25, 0.3) is 0 Å². The third kappa shape index (κ3) is 3.53. The van der Waals surface area contributed by atoms with Crippen LogP contribution in [0, 0.1) is 0 Å². The molecule has 0 aliphatic rings. The molecule has 0 N–H and O–H groups in total. The molecule has 1 heterocycles. The maximum Gasteiger partial charge on any atom is 0.192 e. The molecule has 0 radical (unpaired) electrons. The minimum absolute atomic E-state index is 0.153. The number of rotatable bonds is 2. The van der Waals surface area contributed by atoms with E-state index in [1.165, 1.54) is 0 Å². The third-order valence-electron chi connectivity index (χ3n) is 1.19. The number of hydrogen-bond donors (Lipinski definition) is 0. The summed E-state index contributed by atoms with van der Waals surface area (Å²) in [4.78, 5) is 10.8. The Labute approximate surface area is 105 Å². The fourth-order valence-corrected chi connectivity index (χ4v) is 2.24. The zero-order chi connectivity index (χ0) is 11.4. The maximum absolute atomic E-state index is 8.32. The molecule has 0 saturated carbocycles. The highest BCUT2D eigenvalue weighted by Crippen LogP contribution is 2.29. The molecule has 0 bridgehead atoms. The Hall–Kier alpha value is -0.500. The number of azide groups is 1. The van der Waals surface area contributed by atoms with Gasteiger partial charge in [-0.1, -0.05) is 10.7 Å². The zero-order valence-corrected chi connectivity index (χ0v) is 11.8. The van der Waals surface area contributed by atoms with Gasteiger partial charge in [0, 0.05) is 4.91 Å². The maximum atomic E-state index is 8.32. The van der Waals surface area contributed by atoms with E-state index in [1.807, 2.05) is 12.5 Å². The van der Waals surface area contributed by atoms with Gasteiger partial charge in [0.2, 0.25) is 0 Å². The normalized spacial score (nSPS) is 9.93. The van der Waals surface area contributed by atoms with Crippen molar-refractivity contribution in [1.82, 2.24) is 9.97 Å². The van der Waals surface area contributed by atoms with Crippen molar-refractivity contribution in [1.29, 1.82) is 0 Å². The Bertz CT molecular complexity index is 463. The molecule has 0 aliphatic heterocycles. The average Bonchev–Trinajstić information content (AvgIpc) is 2.12. The lowest BCUT2D eigenvalue weighted by Gasteiger charge is -2.01. The smallest absolute Gasteiger partial charge is 0.192 e. The van der Waals surface area contributed by atoms with Crippen molar-refractivity contribution in [2.75, 3.05) is 12.5 Å². The Morgan fingerprint density at radius 1 is 1.20 bits per heavy atom. The summed E-state index contributed by atoms with van der Waals surface area (Å²) in [5.41, 5.74) is 8.32. The summed E-state index contributed by atoms with van der Waals surface area (Å²) in [5, 5.41) is 3.40. The van der Waals surface area contributed by atoms with Gasteiger partial charge < -0.3 is 0 Å². The monoisotopic (exact) mass is 352 g/mol. The van der Waals surface area contributed by atoms with Crippen LogP contribution < -0.4 is 0 Å². The topological polar surface area (TPSA) is 86.9 Å². The van der Waals surface area contributed by atoms with Crippen LogP contribution in [0.25, 0.3) is 10.4 Å². The second-order valence-electron chi connectivity index (χ2n) is 2.51. The minimum atomic E-state index is -0.153. The standard InChI is InChI=1S/C6H6Br2N6S/c1-15(2)13-6-4(8)10-3(7)5(11-6)12-14-9/h1-2H3. The predicted octanol–water partition coefficient (Wildman–Crippen LogP) is 3.64. The molecule has 1 aromatic rings. The van der Waals surface area contributed by atoms with Crippen LogP contribution in [-0.2, 0) is 10.7 Å². The minimum Gasteiger partial charge on any atom is -0.228 e. The van der Waals surface area contributed by atoms with E-state index in [0.717, 1.165) is 0 Å². The summed E-state index contributed by atoms with van der Waals surface area (Å²) in [5.74, 6) is 0.624. The second-order valence-corrected chi connectivity index (χ2v) is 5.74. The SMILES string of the molecule is CS(C)=Nc1nc(N=[N+]=[N-])c(Br)nc1Br. The summed E-state index contributed by atoms with van der Waals surface area (Å²) in [6.07, 6.45) is 3.90. The van der Waals surface area contributed by atoms with E-state index in [1.54, 1.807) is 0 Å². The van der Waals surface area contributed by atoms with Gasteiger partial charge in [0.05, 0.1) is 0 Å². The molecule has 0 atom stereocenters. The molecule has 0 aromatic carbocycles. The quantitative estimate of drug-likeness (QED) is 0.461. The summed E-state index contributed by atoms with van der Waals surface area (Å²) in [6, 6.07) is 0. The van der Waals surface area contributed by atoms with E-state index in [-0.39, 0.29) is 16.5 Å². The van der Waals surface area contributed by atoms with Gasteiger partial charge in [-0.15, -0.1) is 0 Å². The molecular weight excluding hydrogens is 348 g/mol. The fourth-order valence-electron chi connectivity index (χ4n) is 0.716. The van der Waals surface area contributed by atoms with Crippen molar-refractivity contribution in [3.05, 3.63) is 19.6 Å². The van der Waals surface area contributed by atoms with E-state index in [2.05, 4.69) is 56.2 Å². The van der Waals surface area contributed by atoms with Crippen molar-refractivity contribution in [3.8, 4) is 0 Å². The van der Waals surface area contributed by atoms with Crippen LogP contribution in [0.2, 0.25) is 0 Å². The van der Waals surface area contributed by atoms with Gasteiger partial charge in [-0.3, -0.25) is 0 Å². The first-order chi connectivity index (χ1) is 7.04. The highest BCUT2D eigenvalue weighted by atomic mass is 79.9. The summed E-state index contributed by atoms with van der Waals surface area (Å²) >= 11 is 6.37. The summed E-state index contributed by atoms with van der Waals surface area (Å²) < 4.78 is 5.15. The average molecular weight is 354 g/mol. The van der Waals surface area contributed by atoms with Crippen LogP contribution in [0.4, 0.5) is 11.6 Å². The fraction of sp³-hybridized carbons (Fsp3) is 0.333. The van der Waals surface area contributed by atoms with Gasteiger partial charge >= 0.3 is 0 Å².